The summed E-state index contributed by atoms with van der Waals surface area (Å²) in [4.78, 5) is 16.7. The minimum Gasteiger partial charge on any atom is -0.334 e. The van der Waals surface area contributed by atoms with Crippen LogP contribution in [0.15, 0.2) is 41.1 Å². The third-order valence-electron chi connectivity index (χ3n) is 4.29. The molecule has 3 heterocycles. The number of carbonyl (C=O) groups excluding carboxylic acids is 1. The molecule has 0 saturated heterocycles. The lowest BCUT2D eigenvalue weighted by molar-refractivity contribution is -0.115. The van der Waals surface area contributed by atoms with Crippen LogP contribution in [0.5, 0.6) is 0 Å². The van der Waals surface area contributed by atoms with Crippen molar-refractivity contribution in [1.29, 1.82) is 0 Å². The standard InChI is InChI=1S/C19H17FN6O2/c1-3-15-22-19(28-25-15)12-6-7-26-16(9-12)23-24-17(26)10-18(27)21-14-5-4-13(20)8-11(14)2/h4-9H,3,10H2,1-2H3,(H,21,27). The van der Waals surface area contributed by atoms with E-state index < -0.39 is 0 Å². The van der Waals surface area contributed by atoms with Crippen LogP contribution in [-0.4, -0.2) is 30.6 Å². The highest BCUT2D eigenvalue weighted by molar-refractivity contribution is 5.92. The maximum Gasteiger partial charge on any atom is 0.258 e. The normalized spacial score (nSPS) is 11.1. The number of nitrogens with zero attached hydrogens (tertiary/aromatic N) is 5. The van der Waals surface area contributed by atoms with Gasteiger partial charge in [0, 0.05) is 23.9 Å². The molecular formula is C19H17FN6O2. The summed E-state index contributed by atoms with van der Waals surface area (Å²) in [7, 11) is 0. The molecule has 0 aliphatic carbocycles. The first-order valence-corrected chi connectivity index (χ1v) is 8.76. The fourth-order valence-corrected chi connectivity index (χ4v) is 2.81. The van der Waals surface area contributed by atoms with E-state index in [-0.39, 0.29) is 18.1 Å². The number of hydrogen-bond donors (Lipinski definition) is 1. The maximum atomic E-state index is 13.2. The number of aryl methyl sites for hydroxylation is 2. The molecule has 3 aromatic heterocycles. The highest BCUT2D eigenvalue weighted by Gasteiger charge is 2.14. The maximum absolute atomic E-state index is 13.2. The predicted molar refractivity (Wildman–Crippen MR) is 99.1 cm³/mol. The molecule has 0 atom stereocenters. The van der Waals surface area contributed by atoms with Gasteiger partial charge in [0.2, 0.25) is 5.91 Å². The summed E-state index contributed by atoms with van der Waals surface area (Å²) in [5, 5.41) is 14.9. The molecule has 0 fully saturated rings. The van der Waals surface area contributed by atoms with Gasteiger partial charge < -0.3 is 9.84 Å². The largest absolute Gasteiger partial charge is 0.334 e. The fraction of sp³-hybridized carbons (Fsp3) is 0.211. The number of anilines is 1. The Kier molecular flexibility index (Phi) is 4.56. The zero-order valence-corrected chi connectivity index (χ0v) is 15.3. The van der Waals surface area contributed by atoms with Crippen LogP contribution in [0.1, 0.15) is 24.1 Å². The molecule has 28 heavy (non-hydrogen) atoms. The number of halogens is 1. The molecule has 0 radical (unpaired) electrons. The molecule has 1 amide bonds. The summed E-state index contributed by atoms with van der Waals surface area (Å²) in [6.07, 6.45) is 2.47. The Hall–Kier alpha value is -3.62. The number of aromatic nitrogens is 5. The Morgan fingerprint density at radius 2 is 2.11 bits per heavy atom. The van der Waals surface area contributed by atoms with Crippen LogP contribution in [0.4, 0.5) is 10.1 Å². The predicted octanol–water partition coefficient (Wildman–Crippen LogP) is 2.97. The van der Waals surface area contributed by atoms with Gasteiger partial charge in [0.1, 0.15) is 11.6 Å². The zero-order valence-electron chi connectivity index (χ0n) is 15.3. The molecule has 1 aromatic carbocycles. The second-order valence-electron chi connectivity index (χ2n) is 6.31. The van der Waals surface area contributed by atoms with Gasteiger partial charge in [-0.25, -0.2) is 4.39 Å². The lowest BCUT2D eigenvalue weighted by Crippen LogP contribution is -2.16. The van der Waals surface area contributed by atoms with Gasteiger partial charge in [-0.15, -0.1) is 10.2 Å². The number of nitrogens with one attached hydrogen (secondary N) is 1. The Labute approximate surface area is 159 Å². The monoisotopic (exact) mass is 380 g/mol. The highest BCUT2D eigenvalue weighted by Crippen LogP contribution is 2.20. The van der Waals surface area contributed by atoms with Crippen molar-refractivity contribution in [3.8, 4) is 11.5 Å². The smallest absolute Gasteiger partial charge is 0.258 e. The Morgan fingerprint density at radius 3 is 2.86 bits per heavy atom. The summed E-state index contributed by atoms with van der Waals surface area (Å²) in [5.74, 6) is 0.913. The van der Waals surface area contributed by atoms with Crippen molar-refractivity contribution >= 4 is 17.2 Å². The van der Waals surface area contributed by atoms with Crippen LogP contribution in [0.2, 0.25) is 0 Å². The molecule has 8 nitrogen and oxygen atoms in total. The summed E-state index contributed by atoms with van der Waals surface area (Å²) < 4.78 is 20.2. The third-order valence-corrected chi connectivity index (χ3v) is 4.29. The molecule has 1 N–H and O–H groups in total. The second-order valence-corrected chi connectivity index (χ2v) is 6.31. The van der Waals surface area contributed by atoms with Gasteiger partial charge in [-0.2, -0.15) is 4.98 Å². The first-order chi connectivity index (χ1) is 13.5. The van der Waals surface area contributed by atoms with Gasteiger partial charge in [-0.3, -0.25) is 9.20 Å². The van der Waals surface area contributed by atoms with Gasteiger partial charge in [-0.1, -0.05) is 12.1 Å². The van der Waals surface area contributed by atoms with Crippen molar-refractivity contribution in [3.63, 3.8) is 0 Å². The van der Waals surface area contributed by atoms with E-state index in [1.165, 1.54) is 18.2 Å². The van der Waals surface area contributed by atoms with E-state index in [4.69, 9.17) is 4.52 Å². The van der Waals surface area contributed by atoms with Gasteiger partial charge in [0.15, 0.2) is 11.5 Å². The molecule has 142 valence electrons. The lowest BCUT2D eigenvalue weighted by atomic mass is 10.2. The molecule has 9 heteroatoms. The van der Waals surface area contributed by atoms with Crippen LogP contribution < -0.4 is 5.32 Å². The summed E-state index contributed by atoms with van der Waals surface area (Å²) in [6, 6.07) is 7.77. The van der Waals surface area contributed by atoms with Gasteiger partial charge >= 0.3 is 0 Å². The van der Waals surface area contributed by atoms with E-state index in [0.717, 1.165) is 5.56 Å². The minimum atomic E-state index is -0.345. The Morgan fingerprint density at radius 1 is 1.25 bits per heavy atom. The van der Waals surface area contributed by atoms with E-state index in [0.29, 0.717) is 40.9 Å². The summed E-state index contributed by atoms with van der Waals surface area (Å²) >= 11 is 0. The third kappa shape index (κ3) is 3.46. The van der Waals surface area contributed by atoms with Crippen molar-refractivity contribution in [3.05, 3.63) is 59.6 Å². The van der Waals surface area contributed by atoms with Crippen molar-refractivity contribution in [2.24, 2.45) is 0 Å². The Bertz CT molecular complexity index is 1170. The SMILES string of the molecule is CCc1noc(-c2ccn3c(CC(=O)Nc4ccc(F)cc4C)nnc3c2)n1. The van der Waals surface area contributed by atoms with Crippen molar-refractivity contribution < 1.29 is 13.7 Å². The van der Waals surface area contributed by atoms with E-state index in [2.05, 4.69) is 25.7 Å². The first-order valence-electron chi connectivity index (χ1n) is 8.76. The molecule has 0 spiro atoms. The quantitative estimate of drug-likeness (QED) is 0.572. The van der Waals surface area contributed by atoms with Crippen LogP contribution in [0.25, 0.3) is 17.1 Å². The van der Waals surface area contributed by atoms with E-state index in [1.807, 2.05) is 6.92 Å². The van der Waals surface area contributed by atoms with Gasteiger partial charge in [-0.05, 0) is 42.8 Å². The number of rotatable bonds is 5. The van der Waals surface area contributed by atoms with Crippen molar-refractivity contribution in [1.82, 2.24) is 24.7 Å². The molecule has 0 unspecified atom stereocenters. The van der Waals surface area contributed by atoms with E-state index in [1.54, 1.807) is 29.7 Å². The number of benzene rings is 1. The van der Waals surface area contributed by atoms with E-state index in [9.17, 15) is 9.18 Å². The van der Waals surface area contributed by atoms with Crippen LogP contribution in [-0.2, 0) is 17.6 Å². The molecular weight excluding hydrogens is 363 g/mol. The topological polar surface area (TPSA) is 98.2 Å². The molecule has 4 rings (SSSR count). The molecule has 0 aliphatic heterocycles. The van der Waals surface area contributed by atoms with Crippen molar-refractivity contribution in [2.45, 2.75) is 26.7 Å². The van der Waals surface area contributed by atoms with E-state index >= 15 is 0 Å². The second kappa shape index (κ2) is 7.18. The average molecular weight is 380 g/mol. The highest BCUT2D eigenvalue weighted by atomic mass is 19.1. The summed E-state index contributed by atoms with van der Waals surface area (Å²) in [5.41, 5.74) is 2.50. The number of hydrogen-bond acceptors (Lipinski definition) is 6. The number of pyridine rings is 1. The number of carbonyl (C=O) groups is 1. The molecule has 4 aromatic rings. The molecule has 0 aliphatic rings. The zero-order chi connectivity index (χ0) is 19.7. The number of amides is 1. The number of fused-ring (bicyclic) bond motifs is 1. The Balaban J connectivity index is 1.53. The van der Waals surface area contributed by atoms with Crippen LogP contribution in [0.3, 0.4) is 0 Å². The average Bonchev–Trinajstić information content (AvgIpc) is 3.31. The van der Waals surface area contributed by atoms with Gasteiger partial charge in [0.05, 0.1) is 6.42 Å². The minimum absolute atomic E-state index is 0.0257. The van der Waals surface area contributed by atoms with Gasteiger partial charge in [0.25, 0.3) is 5.89 Å². The first kappa shape index (κ1) is 17.8. The van der Waals surface area contributed by atoms with Crippen LogP contribution >= 0.6 is 0 Å². The van der Waals surface area contributed by atoms with Crippen LogP contribution in [0, 0.1) is 12.7 Å². The summed E-state index contributed by atoms with van der Waals surface area (Å²) in [6.45, 7) is 3.68. The molecule has 0 bridgehead atoms. The van der Waals surface area contributed by atoms with Crippen molar-refractivity contribution in [2.75, 3.05) is 5.32 Å². The lowest BCUT2D eigenvalue weighted by Gasteiger charge is -2.08. The molecule has 0 saturated carbocycles. The fourth-order valence-electron chi connectivity index (χ4n) is 2.81.